The highest BCUT2D eigenvalue weighted by Gasteiger charge is 2.43. The highest BCUT2D eigenvalue weighted by Crippen LogP contribution is 2.37. The van der Waals surface area contributed by atoms with E-state index in [1.807, 2.05) is 18.2 Å². The molecule has 7 nitrogen and oxygen atoms in total. The Morgan fingerprint density at radius 3 is 2.88 bits per heavy atom. The van der Waals surface area contributed by atoms with Gasteiger partial charge in [0, 0.05) is 11.8 Å². The van der Waals surface area contributed by atoms with Gasteiger partial charge in [-0.3, -0.25) is 14.5 Å². The molecule has 2 aromatic carbocycles. The SMILES string of the molecule is COc1cccc(N2C(=S)SC3C(=O)N=C(SCC(=O)Nc4ccc(C)c(F)c4)N=C32)c1. The highest BCUT2D eigenvalue weighted by molar-refractivity contribution is 8.25. The fourth-order valence-corrected chi connectivity index (χ4v) is 5.07. The van der Waals surface area contributed by atoms with E-state index < -0.39 is 11.1 Å². The van der Waals surface area contributed by atoms with Crippen LogP contribution in [0.3, 0.4) is 0 Å². The summed E-state index contributed by atoms with van der Waals surface area (Å²) in [5.41, 5.74) is 1.57. The Morgan fingerprint density at radius 1 is 1.31 bits per heavy atom. The minimum Gasteiger partial charge on any atom is -0.497 e. The third kappa shape index (κ3) is 4.69. The second-order valence-electron chi connectivity index (χ2n) is 6.80. The van der Waals surface area contributed by atoms with Gasteiger partial charge in [-0.1, -0.05) is 47.9 Å². The summed E-state index contributed by atoms with van der Waals surface area (Å²) in [5.74, 6) is -0.0824. The van der Waals surface area contributed by atoms with Gasteiger partial charge in [0.2, 0.25) is 5.91 Å². The van der Waals surface area contributed by atoms with Gasteiger partial charge in [0.25, 0.3) is 5.91 Å². The molecule has 0 aromatic heterocycles. The van der Waals surface area contributed by atoms with Crippen LogP contribution in [0.25, 0.3) is 0 Å². The molecule has 1 unspecified atom stereocenters. The summed E-state index contributed by atoms with van der Waals surface area (Å²) in [7, 11) is 1.57. The number of halogens is 1. The van der Waals surface area contributed by atoms with Crippen LogP contribution in [0.15, 0.2) is 52.4 Å². The van der Waals surface area contributed by atoms with Crippen LogP contribution < -0.4 is 15.0 Å². The lowest BCUT2D eigenvalue weighted by atomic mass is 10.2. The van der Waals surface area contributed by atoms with E-state index in [4.69, 9.17) is 17.0 Å². The van der Waals surface area contributed by atoms with Crippen molar-refractivity contribution in [2.45, 2.75) is 12.2 Å². The zero-order chi connectivity index (χ0) is 22.8. The standard InChI is InChI=1S/C21H17FN4O3S3/c1-11-6-7-12(8-15(11)22)23-16(27)10-31-20-24-18-17(19(28)25-20)32-21(30)26(18)13-4-3-5-14(9-13)29-2/h3-9,17H,10H2,1-2H3,(H,23,27). The zero-order valence-electron chi connectivity index (χ0n) is 17.0. The number of aliphatic imine (C=N–C) groups is 2. The Bertz CT molecular complexity index is 1180. The average Bonchev–Trinajstić information content (AvgIpc) is 3.11. The van der Waals surface area contributed by atoms with Crippen LogP contribution in [0.4, 0.5) is 15.8 Å². The first kappa shape index (κ1) is 22.4. The zero-order valence-corrected chi connectivity index (χ0v) is 19.4. The van der Waals surface area contributed by atoms with Crippen molar-refractivity contribution in [3.05, 3.63) is 53.8 Å². The molecule has 0 saturated carbocycles. The van der Waals surface area contributed by atoms with Gasteiger partial charge >= 0.3 is 0 Å². The molecule has 2 amide bonds. The molecule has 32 heavy (non-hydrogen) atoms. The topological polar surface area (TPSA) is 83.4 Å². The molecule has 2 aliphatic heterocycles. The van der Waals surface area contributed by atoms with Gasteiger partial charge in [-0.15, -0.1) is 0 Å². The smallest absolute Gasteiger partial charge is 0.269 e. The lowest BCUT2D eigenvalue weighted by molar-refractivity contribution is -0.116. The molecule has 164 valence electrons. The number of thiocarbonyl (C=S) groups is 1. The molecule has 0 radical (unpaired) electrons. The van der Waals surface area contributed by atoms with Crippen LogP contribution in [-0.4, -0.2) is 45.3 Å². The number of carbonyl (C=O) groups excluding carboxylic acids is 2. The molecule has 2 aromatic rings. The molecule has 2 aliphatic rings. The number of carbonyl (C=O) groups is 2. The first-order valence-corrected chi connectivity index (χ1v) is 11.7. The van der Waals surface area contributed by atoms with Crippen molar-refractivity contribution in [1.29, 1.82) is 0 Å². The summed E-state index contributed by atoms with van der Waals surface area (Å²) in [6.45, 7) is 1.64. The van der Waals surface area contributed by atoms with Crippen LogP contribution in [0.1, 0.15) is 5.56 Å². The molecule has 4 rings (SSSR count). The van der Waals surface area contributed by atoms with Crippen molar-refractivity contribution in [2.75, 3.05) is 23.1 Å². The van der Waals surface area contributed by atoms with Crippen molar-refractivity contribution in [2.24, 2.45) is 9.98 Å². The second kappa shape index (κ2) is 9.39. The quantitative estimate of drug-likeness (QED) is 0.637. The Kier molecular flexibility index (Phi) is 6.58. The van der Waals surface area contributed by atoms with Gasteiger partial charge in [0.05, 0.1) is 18.6 Å². The molecule has 11 heteroatoms. The second-order valence-corrected chi connectivity index (χ2v) is 9.49. The van der Waals surface area contributed by atoms with Crippen molar-refractivity contribution in [3.63, 3.8) is 0 Å². The number of methoxy groups -OCH3 is 1. The number of hydrogen-bond acceptors (Lipinski definition) is 7. The molecular formula is C21H17FN4O3S3. The largest absolute Gasteiger partial charge is 0.497 e. The average molecular weight is 489 g/mol. The minimum absolute atomic E-state index is 0.0419. The maximum atomic E-state index is 13.7. The summed E-state index contributed by atoms with van der Waals surface area (Å²) in [5, 5.41) is 2.17. The predicted molar refractivity (Wildman–Crippen MR) is 132 cm³/mol. The predicted octanol–water partition coefficient (Wildman–Crippen LogP) is 4.02. The van der Waals surface area contributed by atoms with Crippen LogP contribution in [0, 0.1) is 12.7 Å². The number of nitrogens with one attached hydrogen (secondary N) is 1. The Balaban J connectivity index is 1.48. The van der Waals surface area contributed by atoms with E-state index in [0.29, 0.717) is 27.2 Å². The Hall–Kier alpha value is -2.76. The number of aryl methyl sites for hydroxylation is 1. The number of amides is 2. The van der Waals surface area contributed by atoms with Crippen molar-refractivity contribution < 1.29 is 18.7 Å². The summed E-state index contributed by atoms with van der Waals surface area (Å²) in [6.07, 6.45) is 0. The maximum Gasteiger partial charge on any atom is 0.269 e. The number of fused-ring (bicyclic) bond motifs is 1. The van der Waals surface area contributed by atoms with Gasteiger partial charge in [-0.05, 0) is 36.8 Å². The van der Waals surface area contributed by atoms with E-state index >= 15 is 0 Å². The lowest BCUT2D eigenvalue weighted by Gasteiger charge is -2.21. The summed E-state index contributed by atoms with van der Waals surface area (Å²) in [4.78, 5) is 35.1. The Labute approximate surface area is 197 Å². The molecule has 1 atom stereocenters. The third-order valence-electron chi connectivity index (χ3n) is 4.60. The monoisotopic (exact) mass is 488 g/mol. The maximum absolute atomic E-state index is 13.7. The number of amidine groups is 2. The normalized spacial score (nSPS) is 17.6. The highest BCUT2D eigenvalue weighted by atomic mass is 32.2. The van der Waals surface area contributed by atoms with E-state index in [0.717, 1.165) is 17.4 Å². The van der Waals surface area contributed by atoms with Crippen LogP contribution >= 0.6 is 35.7 Å². The fourth-order valence-electron chi connectivity index (χ4n) is 3.01. The molecule has 0 bridgehead atoms. The summed E-state index contributed by atoms with van der Waals surface area (Å²) < 4.78 is 19.4. The number of thioether (sulfide) groups is 2. The van der Waals surface area contributed by atoms with Gasteiger partial charge in [0.15, 0.2) is 10.4 Å². The third-order valence-corrected chi connectivity index (χ3v) is 6.96. The number of anilines is 2. The fraction of sp³-hybridized carbons (Fsp3) is 0.190. The molecule has 0 aliphatic carbocycles. The molecule has 1 saturated heterocycles. The van der Waals surface area contributed by atoms with E-state index in [2.05, 4.69) is 15.3 Å². The van der Waals surface area contributed by atoms with Gasteiger partial charge in [-0.25, -0.2) is 9.38 Å². The van der Waals surface area contributed by atoms with E-state index in [-0.39, 0.29) is 22.7 Å². The first-order chi connectivity index (χ1) is 15.4. The van der Waals surface area contributed by atoms with Crippen LogP contribution in [0.2, 0.25) is 0 Å². The molecule has 1 N–H and O–H groups in total. The van der Waals surface area contributed by atoms with Crippen molar-refractivity contribution in [1.82, 2.24) is 0 Å². The van der Waals surface area contributed by atoms with Crippen molar-refractivity contribution >= 4 is 74.3 Å². The van der Waals surface area contributed by atoms with Gasteiger partial charge in [0.1, 0.15) is 21.7 Å². The van der Waals surface area contributed by atoms with Crippen LogP contribution in [0.5, 0.6) is 5.75 Å². The summed E-state index contributed by atoms with van der Waals surface area (Å²) in [6, 6.07) is 11.7. The van der Waals surface area contributed by atoms with Crippen LogP contribution in [-0.2, 0) is 9.59 Å². The van der Waals surface area contributed by atoms with Gasteiger partial charge < -0.3 is 10.1 Å². The molecular weight excluding hydrogens is 471 g/mol. The van der Waals surface area contributed by atoms with Crippen molar-refractivity contribution in [3.8, 4) is 5.75 Å². The summed E-state index contributed by atoms with van der Waals surface area (Å²) >= 11 is 7.70. The number of rotatable bonds is 5. The first-order valence-electron chi connectivity index (χ1n) is 9.40. The molecule has 1 fully saturated rings. The van der Waals surface area contributed by atoms with E-state index in [9.17, 15) is 14.0 Å². The number of benzene rings is 2. The van der Waals surface area contributed by atoms with Gasteiger partial charge in [-0.2, -0.15) is 4.99 Å². The van der Waals surface area contributed by atoms with E-state index in [1.165, 1.54) is 17.8 Å². The lowest BCUT2D eigenvalue weighted by Crippen LogP contribution is -2.37. The number of hydrogen-bond donors (Lipinski definition) is 1. The number of nitrogens with zero attached hydrogens (tertiary/aromatic N) is 3. The van der Waals surface area contributed by atoms with E-state index in [1.54, 1.807) is 37.1 Å². The molecule has 0 spiro atoms. The number of ether oxygens (including phenoxy) is 1. The molecule has 2 heterocycles. The Morgan fingerprint density at radius 2 is 2.12 bits per heavy atom. The minimum atomic E-state index is -0.623.